The molecule has 0 aliphatic carbocycles. The number of benzene rings is 2. The Hall–Kier alpha value is -2.25. The van der Waals surface area contributed by atoms with Gasteiger partial charge in [0.1, 0.15) is 0 Å². The van der Waals surface area contributed by atoms with Gasteiger partial charge in [0.05, 0.1) is 4.90 Å². The van der Waals surface area contributed by atoms with E-state index >= 15 is 0 Å². The van der Waals surface area contributed by atoms with Gasteiger partial charge in [-0.1, -0.05) is 11.6 Å². The van der Waals surface area contributed by atoms with Crippen LogP contribution in [0.15, 0.2) is 53.4 Å². The molecule has 0 atom stereocenters. The molecule has 0 fully saturated rings. The van der Waals surface area contributed by atoms with Crippen molar-refractivity contribution in [3.05, 3.63) is 53.6 Å². The molecule has 0 bridgehead atoms. The van der Waals surface area contributed by atoms with E-state index in [0.29, 0.717) is 16.4 Å². The second-order valence-electron chi connectivity index (χ2n) is 4.13. The maximum Gasteiger partial charge on any atom is 0.316 e. The van der Waals surface area contributed by atoms with Gasteiger partial charge >= 0.3 is 6.03 Å². The van der Waals surface area contributed by atoms with Gasteiger partial charge in [-0.25, -0.2) is 13.2 Å². The van der Waals surface area contributed by atoms with Crippen molar-refractivity contribution in [1.29, 1.82) is 0 Å². The van der Waals surface area contributed by atoms with Crippen LogP contribution in [0.3, 0.4) is 0 Å². The standard InChI is InChI=1S/C13H12ClN3O3S/c14-9-1-3-11(4-2-9)17-21(19,20)12-7-5-10(6-8-12)16-13(15)18/h1-8,17H,(H3,15,16,18). The average molecular weight is 326 g/mol. The maximum atomic E-state index is 12.2. The van der Waals surface area contributed by atoms with Gasteiger partial charge < -0.3 is 11.1 Å². The summed E-state index contributed by atoms with van der Waals surface area (Å²) in [7, 11) is -3.71. The van der Waals surface area contributed by atoms with Crippen LogP contribution in [0.2, 0.25) is 5.02 Å². The summed E-state index contributed by atoms with van der Waals surface area (Å²) in [6.07, 6.45) is 0. The average Bonchev–Trinajstić information content (AvgIpc) is 2.41. The first kappa shape index (κ1) is 15.1. The lowest BCUT2D eigenvalue weighted by atomic mass is 10.3. The molecule has 110 valence electrons. The maximum absolute atomic E-state index is 12.2. The van der Waals surface area contributed by atoms with E-state index in [1.54, 1.807) is 24.3 Å². The van der Waals surface area contributed by atoms with Crippen LogP contribution >= 0.6 is 11.6 Å². The zero-order valence-electron chi connectivity index (χ0n) is 10.7. The van der Waals surface area contributed by atoms with Gasteiger partial charge in [0, 0.05) is 16.4 Å². The van der Waals surface area contributed by atoms with Gasteiger partial charge in [0.15, 0.2) is 0 Å². The minimum absolute atomic E-state index is 0.0625. The van der Waals surface area contributed by atoms with Gasteiger partial charge in [0.2, 0.25) is 0 Å². The first-order valence-electron chi connectivity index (χ1n) is 5.82. The van der Waals surface area contributed by atoms with E-state index in [2.05, 4.69) is 10.0 Å². The number of anilines is 2. The molecule has 0 unspecified atom stereocenters. The highest BCUT2D eigenvalue weighted by atomic mass is 35.5. The van der Waals surface area contributed by atoms with E-state index in [9.17, 15) is 13.2 Å². The second kappa shape index (κ2) is 6.02. The Morgan fingerprint density at radius 3 is 2.00 bits per heavy atom. The lowest BCUT2D eigenvalue weighted by Gasteiger charge is -2.09. The van der Waals surface area contributed by atoms with Crippen LogP contribution in [0.25, 0.3) is 0 Å². The molecule has 8 heteroatoms. The van der Waals surface area contributed by atoms with Crippen LogP contribution in [0, 0.1) is 0 Å². The zero-order valence-corrected chi connectivity index (χ0v) is 12.3. The molecule has 0 aliphatic rings. The number of amides is 2. The van der Waals surface area contributed by atoms with Crippen molar-refractivity contribution in [2.24, 2.45) is 5.73 Å². The van der Waals surface area contributed by atoms with Gasteiger partial charge in [-0.3, -0.25) is 4.72 Å². The van der Waals surface area contributed by atoms with E-state index in [1.807, 2.05) is 0 Å². The third kappa shape index (κ3) is 4.11. The van der Waals surface area contributed by atoms with Crippen molar-refractivity contribution in [1.82, 2.24) is 0 Å². The summed E-state index contributed by atoms with van der Waals surface area (Å²) in [6, 6.07) is 11.2. The largest absolute Gasteiger partial charge is 0.351 e. The van der Waals surface area contributed by atoms with E-state index in [0.717, 1.165) is 0 Å². The van der Waals surface area contributed by atoms with Gasteiger partial charge in [-0.15, -0.1) is 0 Å². The number of hydrogen-bond acceptors (Lipinski definition) is 3. The predicted octanol–water partition coefficient (Wildman–Crippen LogP) is 2.63. The number of carbonyl (C=O) groups excluding carboxylic acids is 1. The highest BCUT2D eigenvalue weighted by molar-refractivity contribution is 7.92. The Balaban J connectivity index is 2.19. The van der Waals surface area contributed by atoms with Gasteiger partial charge in [-0.2, -0.15) is 0 Å². The number of urea groups is 1. The molecule has 0 aromatic heterocycles. The minimum atomic E-state index is -3.71. The predicted molar refractivity (Wildman–Crippen MR) is 81.9 cm³/mol. The monoisotopic (exact) mass is 325 g/mol. The normalized spacial score (nSPS) is 10.9. The Morgan fingerprint density at radius 1 is 0.952 bits per heavy atom. The van der Waals surface area contributed by atoms with Crippen molar-refractivity contribution >= 4 is 39.0 Å². The first-order valence-corrected chi connectivity index (χ1v) is 7.68. The fourth-order valence-corrected chi connectivity index (χ4v) is 2.78. The SMILES string of the molecule is NC(=O)Nc1ccc(S(=O)(=O)Nc2ccc(Cl)cc2)cc1. The molecule has 21 heavy (non-hydrogen) atoms. The number of rotatable bonds is 4. The Bertz CT molecular complexity index is 743. The zero-order chi connectivity index (χ0) is 15.5. The first-order chi connectivity index (χ1) is 9.87. The van der Waals surface area contributed by atoms with Crippen molar-refractivity contribution in [3.8, 4) is 0 Å². The summed E-state index contributed by atoms with van der Waals surface area (Å²) in [5, 5.41) is 2.86. The van der Waals surface area contributed by atoms with Crippen LogP contribution in [-0.2, 0) is 10.0 Å². The quantitative estimate of drug-likeness (QED) is 0.805. The third-order valence-electron chi connectivity index (χ3n) is 2.53. The Morgan fingerprint density at radius 2 is 1.48 bits per heavy atom. The summed E-state index contributed by atoms with van der Waals surface area (Å²) >= 11 is 5.74. The summed E-state index contributed by atoms with van der Waals surface area (Å²) in [5.41, 5.74) is 5.78. The molecular weight excluding hydrogens is 314 g/mol. The van der Waals surface area contributed by atoms with Crippen LogP contribution in [0.4, 0.5) is 16.2 Å². The molecule has 2 aromatic carbocycles. The molecule has 4 N–H and O–H groups in total. The molecule has 0 saturated carbocycles. The second-order valence-corrected chi connectivity index (χ2v) is 6.24. The number of hydrogen-bond donors (Lipinski definition) is 3. The summed E-state index contributed by atoms with van der Waals surface area (Å²) in [5.74, 6) is 0. The molecule has 0 heterocycles. The summed E-state index contributed by atoms with van der Waals surface area (Å²) < 4.78 is 26.8. The smallest absolute Gasteiger partial charge is 0.316 e. The fraction of sp³-hybridized carbons (Fsp3) is 0. The van der Waals surface area contributed by atoms with Crippen LogP contribution < -0.4 is 15.8 Å². The lowest BCUT2D eigenvalue weighted by molar-refractivity contribution is 0.259. The molecule has 0 aliphatic heterocycles. The number of nitrogens with two attached hydrogens (primary N) is 1. The summed E-state index contributed by atoms with van der Waals surface area (Å²) in [4.78, 5) is 10.8. The van der Waals surface area contributed by atoms with E-state index in [1.165, 1.54) is 24.3 Å². The number of sulfonamides is 1. The third-order valence-corrected chi connectivity index (χ3v) is 4.18. The van der Waals surface area contributed by atoms with Gasteiger partial charge in [-0.05, 0) is 48.5 Å². The number of carbonyl (C=O) groups is 1. The molecule has 0 radical (unpaired) electrons. The van der Waals surface area contributed by atoms with E-state index < -0.39 is 16.1 Å². The Labute approximate surface area is 127 Å². The van der Waals surface area contributed by atoms with Gasteiger partial charge in [0.25, 0.3) is 10.0 Å². The van der Waals surface area contributed by atoms with Crippen molar-refractivity contribution < 1.29 is 13.2 Å². The van der Waals surface area contributed by atoms with E-state index in [4.69, 9.17) is 17.3 Å². The Kier molecular flexibility index (Phi) is 4.35. The molecule has 2 amide bonds. The number of halogens is 1. The van der Waals surface area contributed by atoms with Crippen molar-refractivity contribution in [2.75, 3.05) is 10.0 Å². The highest BCUT2D eigenvalue weighted by Gasteiger charge is 2.14. The van der Waals surface area contributed by atoms with Crippen LogP contribution in [0.5, 0.6) is 0 Å². The van der Waals surface area contributed by atoms with Crippen molar-refractivity contribution in [3.63, 3.8) is 0 Å². The lowest BCUT2D eigenvalue weighted by Crippen LogP contribution is -2.19. The fourth-order valence-electron chi connectivity index (χ4n) is 1.59. The van der Waals surface area contributed by atoms with E-state index in [-0.39, 0.29) is 4.90 Å². The molecule has 0 spiro atoms. The number of primary amides is 1. The molecule has 6 nitrogen and oxygen atoms in total. The topological polar surface area (TPSA) is 101 Å². The van der Waals surface area contributed by atoms with Crippen LogP contribution in [0.1, 0.15) is 0 Å². The molecule has 0 saturated heterocycles. The molecule has 2 rings (SSSR count). The highest BCUT2D eigenvalue weighted by Crippen LogP contribution is 2.19. The minimum Gasteiger partial charge on any atom is -0.351 e. The molecule has 2 aromatic rings. The molecular formula is C13H12ClN3O3S. The summed E-state index contributed by atoms with van der Waals surface area (Å²) in [6.45, 7) is 0. The van der Waals surface area contributed by atoms with Crippen LogP contribution in [-0.4, -0.2) is 14.4 Å². The number of nitrogens with one attached hydrogen (secondary N) is 2. The van der Waals surface area contributed by atoms with Crippen molar-refractivity contribution in [2.45, 2.75) is 4.90 Å².